The molecule has 1 unspecified atom stereocenters. The number of anilines is 1. The Morgan fingerprint density at radius 3 is 2.74 bits per heavy atom. The highest BCUT2D eigenvalue weighted by atomic mass is 16.6. The van der Waals surface area contributed by atoms with Gasteiger partial charge in [0.2, 0.25) is 0 Å². The standard InChI is InChI=1S/C13H17N3O3/c1-2-7-14-12(17)16-10-5-3-9(4-6-10)11-8-15-13(18)19-11/h3-6,11H,2,7-8H2,1H3,(H,15,18)(H2,14,16,17). The van der Waals surface area contributed by atoms with Crippen LogP contribution in [-0.4, -0.2) is 25.2 Å². The van der Waals surface area contributed by atoms with Crippen molar-refractivity contribution < 1.29 is 14.3 Å². The van der Waals surface area contributed by atoms with Crippen molar-refractivity contribution in [2.24, 2.45) is 0 Å². The second kappa shape index (κ2) is 6.08. The maximum Gasteiger partial charge on any atom is 0.407 e. The van der Waals surface area contributed by atoms with Crippen molar-refractivity contribution in [3.63, 3.8) is 0 Å². The smallest absolute Gasteiger partial charge is 0.407 e. The normalized spacial score (nSPS) is 17.5. The van der Waals surface area contributed by atoms with E-state index >= 15 is 0 Å². The number of ether oxygens (including phenoxy) is 1. The molecule has 1 aromatic rings. The van der Waals surface area contributed by atoms with Crippen molar-refractivity contribution in [1.82, 2.24) is 10.6 Å². The van der Waals surface area contributed by atoms with Crippen LogP contribution in [0.15, 0.2) is 24.3 Å². The molecule has 1 saturated heterocycles. The number of urea groups is 1. The maximum absolute atomic E-state index is 11.5. The Labute approximate surface area is 111 Å². The summed E-state index contributed by atoms with van der Waals surface area (Å²) < 4.78 is 5.07. The van der Waals surface area contributed by atoms with Gasteiger partial charge in [0, 0.05) is 12.2 Å². The molecule has 19 heavy (non-hydrogen) atoms. The molecule has 0 aliphatic carbocycles. The molecule has 0 radical (unpaired) electrons. The van der Waals surface area contributed by atoms with E-state index < -0.39 is 6.09 Å². The minimum absolute atomic E-state index is 0.219. The van der Waals surface area contributed by atoms with Crippen molar-refractivity contribution in [1.29, 1.82) is 0 Å². The van der Waals surface area contributed by atoms with E-state index in [-0.39, 0.29) is 12.1 Å². The summed E-state index contributed by atoms with van der Waals surface area (Å²) in [6.45, 7) is 3.11. The number of carbonyl (C=O) groups is 2. The molecular weight excluding hydrogens is 246 g/mol. The Morgan fingerprint density at radius 2 is 2.16 bits per heavy atom. The van der Waals surface area contributed by atoms with Crippen LogP contribution in [-0.2, 0) is 4.74 Å². The van der Waals surface area contributed by atoms with Crippen molar-refractivity contribution in [3.05, 3.63) is 29.8 Å². The third-order valence-corrected chi connectivity index (χ3v) is 2.76. The molecule has 1 aromatic carbocycles. The van der Waals surface area contributed by atoms with Gasteiger partial charge in [0.1, 0.15) is 6.10 Å². The Balaban J connectivity index is 1.91. The molecule has 6 nitrogen and oxygen atoms in total. The Hall–Kier alpha value is -2.24. The first-order chi connectivity index (χ1) is 9.19. The van der Waals surface area contributed by atoms with E-state index in [4.69, 9.17) is 4.74 Å². The summed E-state index contributed by atoms with van der Waals surface area (Å²) in [4.78, 5) is 22.4. The van der Waals surface area contributed by atoms with E-state index in [0.717, 1.165) is 12.0 Å². The summed E-state index contributed by atoms with van der Waals surface area (Å²) in [6.07, 6.45) is 0.244. The van der Waals surface area contributed by atoms with Crippen molar-refractivity contribution in [3.8, 4) is 0 Å². The molecule has 3 N–H and O–H groups in total. The van der Waals surface area contributed by atoms with Gasteiger partial charge in [0.15, 0.2) is 0 Å². The van der Waals surface area contributed by atoms with Gasteiger partial charge in [-0.1, -0.05) is 19.1 Å². The molecule has 0 aromatic heterocycles. The summed E-state index contributed by atoms with van der Waals surface area (Å²) in [5.74, 6) is 0. The van der Waals surface area contributed by atoms with Crippen LogP contribution in [0.1, 0.15) is 25.0 Å². The third-order valence-electron chi connectivity index (χ3n) is 2.76. The van der Waals surface area contributed by atoms with Crippen LogP contribution in [0.5, 0.6) is 0 Å². The number of cyclic esters (lactones) is 1. The molecule has 1 atom stereocenters. The summed E-state index contributed by atoms with van der Waals surface area (Å²) >= 11 is 0. The fraction of sp³-hybridized carbons (Fsp3) is 0.385. The lowest BCUT2D eigenvalue weighted by Gasteiger charge is -2.10. The fourth-order valence-electron chi connectivity index (χ4n) is 1.77. The molecule has 6 heteroatoms. The van der Waals surface area contributed by atoms with Crippen molar-refractivity contribution in [2.45, 2.75) is 19.4 Å². The monoisotopic (exact) mass is 263 g/mol. The minimum atomic E-state index is -0.397. The van der Waals surface area contributed by atoms with E-state index in [1.807, 2.05) is 19.1 Å². The van der Waals surface area contributed by atoms with Crippen molar-refractivity contribution in [2.75, 3.05) is 18.4 Å². The van der Waals surface area contributed by atoms with E-state index in [1.165, 1.54) is 0 Å². The molecule has 102 valence electrons. The summed E-state index contributed by atoms with van der Waals surface area (Å²) in [7, 11) is 0. The van der Waals surface area contributed by atoms with E-state index in [2.05, 4.69) is 16.0 Å². The first kappa shape index (κ1) is 13.2. The van der Waals surface area contributed by atoms with Gasteiger partial charge < -0.3 is 20.7 Å². The van der Waals surface area contributed by atoms with Crippen molar-refractivity contribution >= 4 is 17.8 Å². The predicted molar refractivity (Wildman–Crippen MR) is 71.0 cm³/mol. The van der Waals surface area contributed by atoms with Crippen LogP contribution >= 0.6 is 0 Å². The molecular formula is C13H17N3O3. The van der Waals surface area contributed by atoms with Gasteiger partial charge in [-0.15, -0.1) is 0 Å². The number of rotatable bonds is 4. The van der Waals surface area contributed by atoms with Gasteiger partial charge in [-0.05, 0) is 24.1 Å². The van der Waals surface area contributed by atoms with Gasteiger partial charge in [-0.3, -0.25) is 0 Å². The highest BCUT2D eigenvalue weighted by molar-refractivity contribution is 5.89. The predicted octanol–water partition coefficient (Wildman–Crippen LogP) is 2.00. The lowest BCUT2D eigenvalue weighted by Crippen LogP contribution is -2.29. The Morgan fingerprint density at radius 1 is 1.42 bits per heavy atom. The Bertz CT molecular complexity index is 459. The van der Waals surface area contributed by atoms with E-state index in [9.17, 15) is 9.59 Å². The number of hydrogen-bond donors (Lipinski definition) is 3. The van der Waals surface area contributed by atoms with Crippen LogP contribution < -0.4 is 16.0 Å². The zero-order valence-electron chi connectivity index (χ0n) is 10.7. The molecule has 0 spiro atoms. The molecule has 1 aliphatic heterocycles. The van der Waals surface area contributed by atoms with Gasteiger partial charge in [-0.2, -0.15) is 0 Å². The zero-order valence-corrected chi connectivity index (χ0v) is 10.7. The maximum atomic E-state index is 11.5. The second-order valence-corrected chi connectivity index (χ2v) is 4.28. The summed E-state index contributed by atoms with van der Waals surface area (Å²) in [5, 5.41) is 8.05. The minimum Gasteiger partial charge on any atom is -0.439 e. The highest BCUT2D eigenvalue weighted by Gasteiger charge is 2.23. The first-order valence-corrected chi connectivity index (χ1v) is 6.28. The SMILES string of the molecule is CCCNC(=O)Nc1ccc(C2CNC(=O)O2)cc1. The molecule has 0 bridgehead atoms. The van der Waals surface area contributed by atoms with E-state index in [1.54, 1.807) is 12.1 Å². The number of alkyl carbamates (subject to hydrolysis) is 1. The van der Waals surface area contributed by atoms with Crippen LogP contribution in [0.2, 0.25) is 0 Å². The van der Waals surface area contributed by atoms with Gasteiger partial charge in [-0.25, -0.2) is 9.59 Å². The number of amides is 3. The molecule has 1 fully saturated rings. The molecule has 3 amide bonds. The molecule has 0 saturated carbocycles. The van der Waals surface area contributed by atoms with Crippen LogP contribution in [0.25, 0.3) is 0 Å². The number of nitrogens with one attached hydrogen (secondary N) is 3. The molecule has 1 heterocycles. The topological polar surface area (TPSA) is 79.5 Å². The highest BCUT2D eigenvalue weighted by Crippen LogP contribution is 2.22. The Kier molecular flexibility index (Phi) is 4.22. The third kappa shape index (κ3) is 3.61. The number of carbonyl (C=O) groups excluding carboxylic acids is 2. The van der Waals surface area contributed by atoms with Gasteiger partial charge in [0.25, 0.3) is 0 Å². The lowest BCUT2D eigenvalue weighted by atomic mass is 10.1. The van der Waals surface area contributed by atoms with Crippen LogP contribution in [0.3, 0.4) is 0 Å². The average Bonchev–Trinajstić information content (AvgIpc) is 2.84. The fourth-order valence-corrected chi connectivity index (χ4v) is 1.77. The largest absolute Gasteiger partial charge is 0.439 e. The van der Waals surface area contributed by atoms with Crippen LogP contribution in [0.4, 0.5) is 15.3 Å². The second-order valence-electron chi connectivity index (χ2n) is 4.28. The van der Waals surface area contributed by atoms with E-state index in [0.29, 0.717) is 18.8 Å². The molecule has 2 rings (SSSR count). The van der Waals surface area contributed by atoms with Crippen LogP contribution in [0, 0.1) is 0 Å². The summed E-state index contributed by atoms with van der Waals surface area (Å²) in [5.41, 5.74) is 1.60. The molecule has 1 aliphatic rings. The summed E-state index contributed by atoms with van der Waals surface area (Å²) in [6, 6.07) is 7.02. The first-order valence-electron chi connectivity index (χ1n) is 6.28. The average molecular weight is 263 g/mol. The zero-order chi connectivity index (χ0) is 13.7. The quantitative estimate of drug-likeness (QED) is 0.777. The number of hydrogen-bond acceptors (Lipinski definition) is 3. The van der Waals surface area contributed by atoms with Gasteiger partial charge >= 0.3 is 12.1 Å². The van der Waals surface area contributed by atoms with Gasteiger partial charge in [0.05, 0.1) is 6.54 Å². The number of benzene rings is 1. The lowest BCUT2D eigenvalue weighted by molar-refractivity contribution is 0.141.